The zero-order valence-corrected chi connectivity index (χ0v) is 12.1. The van der Waals surface area contributed by atoms with E-state index in [2.05, 4.69) is 10.6 Å². The third-order valence-corrected chi connectivity index (χ3v) is 3.34. The summed E-state index contributed by atoms with van der Waals surface area (Å²) in [6.07, 6.45) is 2.29. The fourth-order valence-electron chi connectivity index (χ4n) is 1.88. The van der Waals surface area contributed by atoms with Gasteiger partial charge in [-0.2, -0.15) is 0 Å². The van der Waals surface area contributed by atoms with Crippen LogP contribution >= 0.6 is 0 Å². The Kier molecular flexibility index (Phi) is 5.09. The third kappa shape index (κ3) is 5.38. The summed E-state index contributed by atoms with van der Waals surface area (Å²) in [5.74, 6) is -0.510. The van der Waals surface area contributed by atoms with Gasteiger partial charge in [-0.05, 0) is 19.8 Å². The van der Waals surface area contributed by atoms with Crippen LogP contribution in [-0.4, -0.2) is 30.2 Å². The molecule has 2 N–H and O–H groups in total. The molecule has 5 nitrogen and oxygen atoms in total. The number of benzene rings is 1. The van der Waals surface area contributed by atoms with Crippen molar-refractivity contribution in [1.29, 1.82) is 0 Å². The molecule has 21 heavy (non-hydrogen) atoms. The second kappa shape index (κ2) is 7.02. The molecule has 1 aromatic carbocycles. The Morgan fingerprint density at radius 1 is 1.05 bits per heavy atom. The standard InChI is InChI=1S/C16H20N2O3/c1-11-2-4-12(5-3-11)14(19)8-9-15(20)17-10-16(21)18-13-6-7-13/h2-5,13H,6-10H2,1H3,(H,17,20)(H,18,21). The molecule has 2 amide bonds. The first-order valence-electron chi connectivity index (χ1n) is 7.20. The molecule has 5 heteroatoms. The summed E-state index contributed by atoms with van der Waals surface area (Å²) in [6, 6.07) is 7.56. The Bertz CT molecular complexity index is 533. The summed E-state index contributed by atoms with van der Waals surface area (Å²) >= 11 is 0. The van der Waals surface area contributed by atoms with Crippen molar-refractivity contribution in [2.45, 2.75) is 38.6 Å². The van der Waals surface area contributed by atoms with Gasteiger partial charge in [0, 0.05) is 24.4 Å². The summed E-state index contributed by atoms with van der Waals surface area (Å²) in [4.78, 5) is 34.9. The topological polar surface area (TPSA) is 75.3 Å². The van der Waals surface area contributed by atoms with E-state index in [4.69, 9.17) is 0 Å². The van der Waals surface area contributed by atoms with Crippen LogP contribution < -0.4 is 10.6 Å². The number of Topliss-reactive ketones (excluding diaryl/α,β-unsaturated/α-hetero) is 1. The molecule has 1 saturated carbocycles. The molecule has 112 valence electrons. The van der Waals surface area contributed by atoms with E-state index in [1.807, 2.05) is 19.1 Å². The third-order valence-electron chi connectivity index (χ3n) is 3.34. The van der Waals surface area contributed by atoms with Crippen molar-refractivity contribution in [3.05, 3.63) is 35.4 Å². The Morgan fingerprint density at radius 3 is 2.33 bits per heavy atom. The molecule has 0 bridgehead atoms. The van der Waals surface area contributed by atoms with E-state index in [1.165, 1.54) is 0 Å². The first kappa shape index (κ1) is 15.2. The maximum atomic E-state index is 11.9. The van der Waals surface area contributed by atoms with Gasteiger partial charge in [0.1, 0.15) is 0 Å². The van der Waals surface area contributed by atoms with Crippen LogP contribution in [0.1, 0.15) is 41.6 Å². The molecule has 2 rings (SSSR count). The molecule has 0 aromatic heterocycles. The minimum atomic E-state index is -0.276. The molecule has 0 saturated heterocycles. The minimum absolute atomic E-state index is 0.0198. The highest BCUT2D eigenvalue weighted by molar-refractivity contribution is 5.98. The Labute approximate surface area is 124 Å². The average Bonchev–Trinajstić information content (AvgIpc) is 3.27. The number of carbonyl (C=O) groups excluding carboxylic acids is 3. The van der Waals surface area contributed by atoms with Gasteiger partial charge < -0.3 is 10.6 Å². The lowest BCUT2D eigenvalue weighted by Crippen LogP contribution is -2.37. The van der Waals surface area contributed by atoms with Gasteiger partial charge in [0.15, 0.2) is 5.78 Å². The highest BCUT2D eigenvalue weighted by Crippen LogP contribution is 2.18. The average molecular weight is 288 g/mol. The molecule has 0 spiro atoms. The molecule has 1 aliphatic rings. The van der Waals surface area contributed by atoms with Gasteiger partial charge in [-0.1, -0.05) is 29.8 Å². The van der Waals surface area contributed by atoms with Crippen LogP contribution in [0.15, 0.2) is 24.3 Å². The lowest BCUT2D eigenvalue weighted by atomic mass is 10.1. The summed E-state index contributed by atoms with van der Waals surface area (Å²) in [7, 11) is 0. The predicted molar refractivity (Wildman–Crippen MR) is 78.9 cm³/mol. The van der Waals surface area contributed by atoms with E-state index in [0.717, 1.165) is 18.4 Å². The highest BCUT2D eigenvalue weighted by Gasteiger charge is 2.23. The molecular formula is C16H20N2O3. The van der Waals surface area contributed by atoms with E-state index in [0.29, 0.717) is 5.56 Å². The fraction of sp³-hybridized carbons (Fsp3) is 0.438. The summed E-state index contributed by atoms with van der Waals surface area (Å²) < 4.78 is 0. The lowest BCUT2D eigenvalue weighted by molar-refractivity contribution is -0.126. The number of hydrogen-bond acceptors (Lipinski definition) is 3. The van der Waals surface area contributed by atoms with Crippen molar-refractivity contribution in [1.82, 2.24) is 10.6 Å². The zero-order valence-electron chi connectivity index (χ0n) is 12.1. The summed E-state index contributed by atoms with van der Waals surface area (Å²) in [6.45, 7) is 1.93. The maximum absolute atomic E-state index is 11.9. The number of hydrogen-bond donors (Lipinski definition) is 2. The quantitative estimate of drug-likeness (QED) is 0.744. The number of carbonyl (C=O) groups is 3. The molecule has 0 heterocycles. The lowest BCUT2D eigenvalue weighted by Gasteiger charge is -2.06. The predicted octanol–water partition coefficient (Wildman–Crippen LogP) is 1.35. The number of amides is 2. The van der Waals surface area contributed by atoms with Gasteiger partial charge in [0.25, 0.3) is 0 Å². The van der Waals surface area contributed by atoms with E-state index in [1.54, 1.807) is 12.1 Å². The molecule has 0 aliphatic heterocycles. The second-order valence-electron chi connectivity index (χ2n) is 5.41. The smallest absolute Gasteiger partial charge is 0.239 e. The van der Waals surface area contributed by atoms with Gasteiger partial charge in [-0.25, -0.2) is 0 Å². The Balaban J connectivity index is 1.66. The minimum Gasteiger partial charge on any atom is -0.352 e. The van der Waals surface area contributed by atoms with Gasteiger partial charge >= 0.3 is 0 Å². The van der Waals surface area contributed by atoms with Crippen molar-refractivity contribution >= 4 is 17.6 Å². The highest BCUT2D eigenvalue weighted by atomic mass is 16.2. The largest absolute Gasteiger partial charge is 0.352 e. The summed E-state index contributed by atoms with van der Waals surface area (Å²) in [5.41, 5.74) is 1.70. The van der Waals surface area contributed by atoms with Gasteiger partial charge in [0.2, 0.25) is 11.8 Å². The number of nitrogens with one attached hydrogen (secondary N) is 2. The normalized spacial score (nSPS) is 13.6. The van der Waals surface area contributed by atoms with Crippen LogP contribution in [0.5, 0.6) is 0 Å². The molecule has 0 radical (unpaired) electrons. The van der Waals surface area contributed by atoms with E-state index >= 15 is 0 Å². The fourth-order valence-corrected chi connectivity index (χ4v) is 1.88. The zero-order chi connectivity index (χ0) is 15.2. The van der Waals surface area contributed by atoms with E-state index in [-0.39, 0.29) is 43.0 Å². The van der Waals surface area contributed by atoms with Crippen LogP contribution in [0.4, 0.5) is 0 Å². The van der Waals surface area contributed by atoms with Crippen molar-refractivity contribution < 1.29 is 14.4 Å². The monoisotopic (exact) mass is 288 g/mol. The van der Waals surface area contributed by atoms with E-state index < -0.39 is 0 Å². The molecule has 0 unspecified atom stereocenters. The summed E-state index contributed by atoms with van der Waals surface area (Å²) in [5, 5.41) is 5.31. The number of rotatable bonds is 7. The Morgan fingerprint density at radius 2 is 1.71 bits per heavy atom. The molecule has 1 fully saturated rings. The SMILES string of the molecule is Cc1ccc(C(=O)CCC(=O)NCC(=O)NC2CC2)cc1. The van der Waals surface area contributed by atoms with Gasteiger partial charge in [-0.3, -0.25) is 14.4 Å². The van der Waals surface area contributed by atoms with Gasteiger partial charge in [-0.15, -0.1) is 0 Å². The molecule has 1 aromatic rings. The molecule has 1 aliphatic carbocycles. The Hall–Kier alpha value is -2.17. The van der Waals surface area contributed by atoms with Crippen LogP contribution in [-0.2, 0) is 9.59 Å². The maximum Gasteiger partial charge on any atom is 0.239 e. The molecular weight excluding hydrogens is 268 g/mol. The van der Waals surface area contributed by atoms with Crippen molar-refractivity contribution in [2.75, 3.05) is 6.54 Å². The van der Waals surface area contributed by atoms with Crippen molar-refractivity contribution in [3.63, 3.8) is 0 Å². The van der Waals surface area contributed by atoms with Crippen LogP contribution in [0.3, 0.4) is 0 Å². The first-order valence-corrected chi connectivity index (χ1v) is 7.20. The van der Waals surface area contributed by atoms with Crippen LogP contribution in [0.2, 0.25) is 0 Å². The van der Waals surface area contributed by atoms with Crippen LogP contribution in [0.25, 0.3) is 0 Å². The van der Waals surface area contributed by atoms with E-state index in [9.17, 15) is 14.4 Å². The molecule has 0 atom stereocenters. The van der Waals surface area contributed by atoms with Crippen LogP contribution in [0, 0.1) is 6.92 Å². The van der Waals surface area contributed by atoms with Crippen molar-refractivity contribution in [3.8, 4) is 0 Å². The second-order valence-corrected chi connectivity index (χ2v) is 5.41. The number of aryl methyl sites for hydroxylation is 1. The number of ketones is 1. The van der Waals surface area contributed by atoms with Crippen molar-refractivity contribution in [2.24, 2.45) is 0 Å². The van der Waals surface area contributed by atoms with Gasteiger partial charge in [0.05, 0.1) is 6.54 Å². The first-order chi connectivity index (χ1) is 10.0.